The molecule has 150 valence electrons. The summed E-state index contributed by atoms with van der Waals surface area (Å²) < 4.78 is 11.2. The summed E-state index contributed by atoms with van der Waals surface area (Å²) >= 11 is 20.7. The van der Waals surface area contributed by atoms with E-state index < -0.39 is 11.8 Å². The predicted molar refractivity (Wildman–Crippen MR) is 120 cm³/mol. The zero-order valence-electron chi connectivity index (χ0n) is 15.1. The first-order chi connectivity index (χ1) is 13.8. The van der Waals surface area contributed by atoms with Crippen LogP contribution in [0.5, 0.6) is 11.5 Å². The van der Waals surface area contributed by atoms with Gasteiger partial charge in [0.05, 0.1) is 29.4 Å². The molecule has 1 heterocycles. The summed E-state index contributed by atoms with van der Waals surface area (Å²) in [5.41, 5.74) is 0.661. The lowest BCUT2D eigenvalue weighted by atomic mass is 10.1. The largest absolute Gasteiger partial charge is 0.496 e. The second kappa shape index (κ2) is 8.71. The molecule has 0 saturated carbocycles. The van der Waals surface area contributed by atoms with Crippen LogP contribution in [-0.4, -0.2) is 31.1 Å². The lowest BCUT2D eigenvalue weighted by Crippen LogP contribution is -2.54. The van der Waals surface area contributed by atoms with E-state index in [9.17, 15) is 9.59 Å². The molecule has 29 heavy (non-hydrogen) atoms. The predicted octanol–water partition coefficient (Wildman–Crippen LogP) is 4.60. The van der Waals surface area contributed by atoms with Gasteiger partial charge in [-0.25, -0.2) is 0 Å². The smallest absolute Gasteiger partial charge is 0.270 e. The Morgan fingerprint density at radius 3 is 2.41 bits per heavy atom. The van der Waals surface area contributed by atoms with Gasteiger partial charge < -0.3 is 9.47 Å². The average molecular weight is 516 g/mol. The highest BCUT2D eigenvalue weighted by molar-refractivity contribution is 9.10. The molecule has 10 heteroatoms. The zero-order valence-corrected chi connectivity index (χ0v) is 19.0. The molecule has 1 fully saturated rings. The van der Waals surface area contributed by atoms with Crippen LogP contribution in [0.3, 0.4) is 0 Å². The highest BCUT2D eigenvalue weighted by atomic mass is 79.9. The first-order valence-electron chi connectivity index (χ1n) is 8.04. The van der Waals surface area contributed by atoms with E-state index in [-0.39, 0.29) is 15.7 Å². The van der Waals surface area contributed by atoms with Crippen LogP contribution in [0.15, 0.2) is 40.4 Å². The summed E-state index contributed by atoms with van der Waals surface area (Å²) in [5, 5.41) is 3.05. The molecule has 0 aromatic heterocycles. The van der Waals surface area contributed by atoms with Crippen LogP contribution in [0.1, 0.15) is 5.56 Å². The number of anilines is 1. The SMILES string of the molecule is COc1cc(OC)c(/C=C2/C(=O)NC(=S)N(c3ccc(Cl)cc3Cl)C2=O)cc1Br. The Hall–Kier alpha value is -2.13. The van der Waals surface area contributed by atoms with E-state index in [1.165, 1.54) is 26.4 Å². The maximum atomic E-state index is 13.1. The topological polar surface area (TPSA) is 67.9 Å². The molecule has 0 radical (unpaired) electrons. The van der Waals surface area contributed by atoms with Crippen molar-refractivity contribution >= 4 is 80.0 Å². The van der Waals surface area contributed by atoms with Crippen molar-refractivity contribution in [2.75, 3.05) is 19.1 Å². The third-order valence-electron chi connectivity index (χ3n) is 4.06. The van der Waals surface area contributed by atoms with Gasteiger partial charge in [0.25, 0.3) is 11.8 Å². The maximum Gasteiger partial charge on any atom is 0.270 e. The minimum Gasteiger partial charge on any atom is -0.496 e. The molecule has 1 aliphatic rings. The number of nitrogens with zero attached hydrogens (tertiary/aromatic N) is 1. The summed E-state index contributed by atoms with van der Waals surface area (Å²) in [6, 6.07) is 7.92. The molecular weight excluding hydrogens is 503 g/mol. The number of methoxy groups -OCH3 is 2. The highest BCUT2D eigenvalue weighted by Crippen LogP contribution is 2.35. The molecule has 2 amide bonds. The molecule has 3 rings (SSSR count). The van der Waals surface area contributed by atoms with E-state index in [1.54, 1.807) is 24.3 Å². The van der Waals surface area contributed by atoms with Gasteiger partial charge in [0, 0.05) is 16.7 Å². The molecule has 0 unspecified atom stereocenters. The number of hydrogen-bond donors (Lipinski definition) is 1. The Balaban J connectivity index is 2.10. The average Bonchev–Trinajstić information content (AvgIpc) is 2.66. The molecule has 0 aliphatic carbocycles. The molecule has 0 atom stereocenters. The van der Waals surface area contributed by atoms with Gasteiger partial charge in [-0.15, -0.1) is 0 Å². The van der Waals surface area contributed by atoms with Crippen molar-refractivity contribution in [1.29, 1.82) is 0 Å². The van der Waals surface area contributed by atoms with Crippen molar-refractivity contribution in [3.8, 4) is 11.5 Å². The van der Waals surface area contributed by atoms with Crippen LogP contribution in [-0.2, 0) is 9.59 Å². The van der Waals surface area contributed by atoms with Gasteiger partial charge in [-0.05, 0) is 58.5 Å². The number of amides is 2. The molecule has 2 aromatic rings. The van der Waals surface area contributed by atoms with Crippen LogP contribution in [0.25, 0.3) is 6.08 Å². The number of carbonyl (C=O) groups excluding carboxylic acids is 2. The van der Waals surface area contributed by atoms with Gasteiger partial charge in [-0.3, -0.25) is 19.8 Å². The molecule has 6 nitrogen and oxygen atoms in total. The fraction of sp³-hybridized carbons (Fsp3) is 0.105. The monoisotopic (exact) mass is 514 g/mol. The number of hydrogen-bond acceptors (Lipinski definition) is 5. The normalized spacial score (nSPS) is 15.6. The molecule has 1 aliphatic heterocycles. The minimum atomic E-state index is -0.629. The van der Waals surface area contributed by atoms with Crippen molar-refractivity contribution in [3.63, 3.8) is 0 Å². The molecule has 0 spiro atoms. The van der Waals surface area contributed by atoms with Gasteiger partial charge in [-0.2, -0.15) is 0 Å². The van der Waals surface area contributed by atoms with Crippen molar-refractivity contribution in [3.05, 3.63) is 56.0 Å². The Morgan fingerprint density at radius 1 is 1.10 bits per heavy atom. The van der Waals surface area contributed by atoms with Gasteiger partial charge in [0.2, 0.25) is 0 Å². The Kier molecular flexibility index (Phi) is 6.48. The van der Waals surface area contributed by atoms with E-state index in [1.807, 2.05) is 0 Å². The van der Waals surface area contributed by atoms with Gasteiger partial charge in [0.15, 0.2) is 5.11 Å². The summed E-state index contributed by atoms with van der Waals surface area (Å²) in [4.78, 5) is 26.8. The second-order valence-corrected chi connectivity index (χ2v) is 7.87. The fourth-order valence-corrected chi connectivity index (χ4v) is 3.98. The zero-order chi connectivity index (χ0) is 21.3. The molecular formula is C19H13BrCl2N2O4S. The lowest BCUT2D eigenvalue weighted by Gasteiger charge is -2.29. The Bertz CT molecular complexity index is 1070. The number of benzene rings is 2. The fourth-order valence-electron chi connectivity index (χ4n) is 2.69. The van der Waals surface area contributed by atoms with Crippen LogP contribution < -0.4 is 19.7 Å². The first kappa shape index (κ1) is 21.6. The maximum absolute atomic E-state index is 13.1. The van der Waals surface area contributed by atoms with E-state index in [0.717, 1.165) is 4.90 Å². The second-order valence-electron chi connectivity index (χ2n) is 5.78. The van der Waals surface area contributed by atoms with Gasteiger partial charge >= 0.3 is 0 Å². The molecule has 1 N–H and O–H groups in total. The molecule has 1 saturated heterocycles. The van der Waals surface area contributed by atoms with Crippen molar-refractivity contribution in [2.24, 2.45) is 0 Å². The minimum absolute atomic E-state index is 0.0794. The Labute approximate surface area is 190 Å². The quantitative estimate of drug-likeness (QED) is 0.366. The van der Waals surface area contributed by atoms with E-state index in [2.05, 4.69) is 21.2 Å². The van der Waals surface area contributed by atoms with Gasteiger partial charge in [0.1, 0.15) is 17.1 Å². The van der Waals surface area contributed by atoms with Crippen LogP contribution in [0.4, 0.5) is 5.69 Å². The summed E-state index contributed by atoms with van der Waals surface area (Å²) in [6.07, 6.45) is 1.42. The standard InChI is InChI=1S/C19H13BrCl2N2O4S/c1-27-15-8-16(28-2)12(20)6-9(15)5-11-17(25)23-19(29)24(18(11)26)14-4-3-10(21)7-13(14)22/h3-8H,1-2H3,(H,23,25,29)/b11-5-. The van der Waals surface area contributed by atoms with Crippen LogP contribution in [0, 0.1) is 0 Å². The highest BCUT2D eigenvalue weighted by Gasteiger charge is 2.35. The first-order valence-corrected chi connectivity index (χ1v) is 10.0. The third-order valence-corrected chi connectivity index (χ3v) is 5.50. The number of rotatable bonds is 4. The van der Waals surface area contributed by atoms with Crippen LogP contribution in [0.2, 0.25) is 10.0 Å². The van der Waals surface area contributed by atoms with Gasteiger partial charge in [-0.1, -0.05) is 23.2 Å². The van der Waals surface area contributed by atoms with E-state index in [0.29, 0.717) is 32.2 Å². The molecule has 0 bridgehead atoms. The molecule has 2 aromatic carbocycles. The van der Waals surface area contributed by atoms with Crippen molar-refractivity contribution in [1.82, 2.24) is 5.32 Å². The number of halogens is 3. The van der Waals surface area contributed by atoms with Crippen molar-refractivity contribution in [2.45, 2.75) is 0 Å². The van der Waals surface area contributed by atoms with E-state index >= 15 is 0 Å². The number of carbonyl (C=O) groups is 2. The summed E-state index contributed by atoms with van der Waals surface area (Å²) in [7, 11) is 2.99. The third kappa shape index (κ3) is 4.25. The van der Waals surface area contributed by atoms with Crippen molar-refractivity contribution < 1.29 is 19.1 Å². The number of ether oxygens (including phenoxy) is 2. The number of thiocarbonyl (C=S) groups is 1. The Morgan fingerprint density at radius 2 is 1.79 bits per heavy atom. The van der Waals surface area contributed by atoms with E-state index in [4.69, 9.17) is 44.9 Å². The number of nitrogens with one attached hydrogen (secondary N) is 1. The summed E-state index contributed by atoms with van der Waals surface area (Å²) in [6.45, 7) is 0. The van der Waals surface area contributed by atoms with Crippen LogP contribution >= 0.6 is 51.3 Å². The lowest BCUT2D eigenvalue weighted by molar-refractivity contribution is -0.122. The summed E-state index contributed by atoms with van der Waals surface area (Å²) in [5.74, 6) is -0.297.